The Labute approximate surface area is 920 Å². The maximum atomic E-state index is 9.08. The topological polar surface area (TPSA) is 117 Å². The molecule has 3 radical (unpaired) electrons. The van der Waals surface area contributed by atoms with Crippen LogP contribution in [0.4, 0.5) is 0 Å². The Hall–Kier alpha value is -12.3. The summed E-state index contributed by atoms with van der Waals surface area (Å²) >= 11 is 0. The van der Waals surface area contributed by atoms with Gasteiger partial charge in [0, 0.05) is 168 Å². The predicted molar refractivity (Wildman–Crippen MR) is 584 cm³/mol. The van der Waals surface area contributed by atoms with Crippen molar-refractivity contribution >= 4 is 98.1 Å². The first-order valence-corrected chi connectivity index (χ1v) is 46.1. The summed E-state index contributed by atoms with van der Waals surface area (Å²) in [5.74, 6) is 0. The van der Waals surface area contributed by atoms with Crippen molar-refractivity contribution in [2.24, 2.45) is 27.1 Å². The van der Waals surface area contributed by atoms with E-state index in [1.54, 1.807) is 24.4 Å². The van der Waals surface area contributed by atoms with Crippen molar-refractivity contribution in [2.75, 3.05) is 0 Å². The van der Waals surface area contributed by atoms with E-state index in [-0.39, 0.29) is 116 Å². The Morgan fingerprint density at radius 3 is 0.908 bits per heavy atom. The van der Waals surface area contributed by atoms with Crippen LogP contribution in [0.25, 0.3) is 166 Å². The van der Waals surface area contributed by atoms with E-state index in [1.807, 2.05) is 207 Å². The van der Waals surface area contributed by atoms with E-state index in [0.29, 0.717) is 67.2 Å². The SMILES string of the molecule is Cc1c[c-]c(-c2cc(C)c(C)cn2)cc1.[2H]C([2H])([2H])c1c[c-]c(-c2cc(C([2H])([2H])[2H])c(C([2H])([2H])[2H])cn2)cc1.[2H]C([2H])([2H])c1c[c-]c(-c2cc(C([2H])([2H])[2H])c(C([2H])([2H])[2H])cn2)cc1.[2H]C([2H])(c1ccnc(-c2[c-]ccc3c2oc2c4ccccc4ccc32)c1)C(C)(C)C.[2H]C([2H])(c1cnc(-c2[c-]ccc3c2oc2c4ccccc4ccc32)cc1C([2H])([2H])C(C)(C)C)C(C)(C)C.[2H]C([2H])(c1cnc(-c2[c-]ccc3c2oc2c4ccccc4ccc32)cc1C([2H])([2H])C(C)(C)C)C(C)(C)C.[Ir].[Ir].[Ir]. The average molecular weight is 2430 g/mol. The standard InChI is InChI=1S/2C31H32NO.C26H22NO.3C14H14N.3Ir/c2*1-30(2,3)17-21-16-27(32-19-22(21)18-31(4,5)6)26-13-9-12-24-25-15-14-20-10-7-8-11-23(20)28(25)33-29(24)26;1-26(2,3)16-17-13-14-27-23(15-17)22-10-6-9-20-21-12-11-18-7-4-5-8-19(18)24(21)28-25(20)22;3*1-10-4-6-13(7-5-10)14-8-11(2)12(3)9-15-14;;;/h2*7-12,14-16,19H,17-18H2,1-6H3;4-9,11-15H,16H2,1-3H3;3*4-6,8-9H,1-3H3;;;/q6*-1;;;/i2*17D2,18D2;16D2;2*1D3,2D3,3D3;;;;. The van der Waals surface area contributed by atoms with Gasteiger partial charge >= 0.3 is 0 Å². The van der Waals surface area contributed by atoms with E-state index < -0.39 is 100 Å². The molecule has 0 aliphatic heterocycles. The summed E-state index contributed by atoms with van der Waals surface area (Å²) in [5.41, 5.74) is 12.2. The van der Waals surface area contributed by atoms with Gasteiger partial charge in [0.1, 0.15) is 16.7 Å². The van der Waals surface area contributed by atoms with Crippen LogP contribution in [0, 0.1) is 125 Å². The van der Waals surface area contributed by atoms with Crippen molar-refractivity contribution in [1.82, 2.24) is 29.9 Å². The molecule has 0 unspecified atom stereocenters. The Morgan fingerprint density at radius 2 is 0.577 bits per heavy atom. The van der Waals surface area contributed by atoms with Crippen molar-refractivity contribution in [2.45, 2.75) is 198 Å². The minimum Gasteiger partial charge on any atom is -0.500 e. The zero-order chi connectivity index (χ0) is 123. The van der Waals surface area contributed by atoms with Crippen LogP contribution < -0.4 is 0 Å². The van der Waals surface area contributed by atoms with Gasteiger partial charge in [0.05, 0.1) is 16.7 Å². The van der Waals surface area contributed by atoms with E-state index in [1.165, 1.54) is 77.6 Å². The summed E-state index contributed by atoms with van der Waals surface area (Å²) in [7, 11) is 0. The first-order valence-electron chi connectivity index (χ1n) is 60.1. The van der Waals surface area contributed by atoms with Crippen molar-refractivity contribution < 1.29 is 112 Å². The summed E-state index contributed by atoms with van der Waals surface area (Å²) in [4.78, 5) is 26.3. The van der Waals surface area contributed by atoms with E-state index in [2.05, 4.69) is 166 Å². The van der Waals surface area contributed by atoms with Crippen LogP contribution in [0.3, 0.4) is 0 Å². The van der Waals surface area contributed by atoms with E-state index in [4.69, 9.17) is 51.6 Å². The largest absolute Gasteiger partial charge is 0.500 e. The molecular formula is C130H128Ir3N6O3-6. The van der Waals surface area contributed by atoms with Gasteiger partial charge < -0.3 is 43.2 Å². The van der Waals surface area contributed by atoms with Crippen LogP contribution in [-0.2, 0) is 92.2 Å². The van der Waals surface area contributed by atoms with E-state index in [9.17, 15) is 0 Å². The first-order chi connectivity index (χ1) is 77.3. The van der Waals surface area contributed by atoms with E-state index >= 15 is 0 Å². The number of furan rings is 3. The molecular weight excluding hydrogens is 2270 g/mol. The van der Waals surface area contributed by atoms with Gasteiger partial charge in [-0.15, -0.1) is 161 Å². The number of benzene rings is 12. The van der Waals surface area contributed by atoms with Crippen LogP contribution in [0.1, 0.15) is 220 Å². The molecule has 0 amide bonds. The minimum absolute atomic E-state index is 0. The second kappa shape index (κ2) is 45.1. The molecule has 0 spiro atoms. The second-order valence-electron chi connectivity index (χ2n) is 39.8. The van der Waals surface area contributed by atoms with Crippen LogP contribution in [0.5, 0.6) is 0 Å². The van der Waals surface area contributed by atoms with Crippen molar-refractivity contribution in [1.29, 1.82) is 0 Å². The molecule has 21 aromatic rings. The number of fused-ring (bicyclic) bond motifs is 15. The fourth-order valence-corrected chi connectivity index (χ4v) is 16.1. The van der Waals surface area contributed by atoms with Gasteiger partial charge in [-0.25, -0.2) is 0 Å². The summed E-state index contributed by atoms with van der Waals surface area (Å²) in [6, 6.07) is 92.8. The van der Waals surface area contributed by atoms with Gasteiger partial charge in [-0.1, -0.05) is 325 Å². The van der Waals surface area contributed by atoms with Gasteiger partial charge in [0.2, 0.25) is 0 Å². The van der Waals surface area contributed by atoms with Crippen LogP contribution in [0.2, 0.25) is 0 Å². The van der Waals surface area contributed by atoms with Crippen molar-refractivity contribution in [3.8, 4) is 67.5 Å². The maximum absolute atomic E-state index is 9.08. The number of pyridine rings is 6. The number of aromatic nitrogens is 6. The molecule has 9 aromatic heterocycles. The number of nitrogens with zero attached hydrogens (tertiary/aromatic N) is 6. The van der Waals surface area contributed by atoms with Gasteiger partial charge in [0.25, 0.3) is 0 Å². The summed E-state index contributed by atoms with van der Waals surface area (Å²) in [6.45, 7) is 19.0. The molecule has 0 atom stereocenters. The molecule has 9 heterocycles. The first kappa shape index (κ1) is 74.6. The summed E-state index contributed by atoms with van der Waals surface area (Å²) in [6.07, 6.45) is -0.117. The van der Waals surface area contributed by atoms with Gasteiger partial charge in [-0.3, -0.25) is 0 Å². The Morgan fingerprint density at radius 1 is 0.261 bits per heavy atom. The van der Waals surface area contributed by atoms with Crippen LogP contribution in [-0.4, -0.2) is 29.9 Å². The normalized spacial score (nSPS) is 15.6. The number of aryl methyl sites for hydroxylation is 9. The molecule has 0 saturated carbocycles. The summed E-state index contributed by atoms with van der Waals surface area (Å²) in [5, 5.41) is 12.4. The molecule has 0 aliphatic rings. The molecule has 21 rings (SSSR count). The maximum Gasteiger partial charge on any atom is 0.128 e. The molecule has 0 saturated heterocycles. The fraction of sp³-hybridized carbons (Fsp3) is 0.262. The molecule has 0 N–H and O–H groups in total. The summed E-state index contributed by atoms with van der Waals surface area (Å²) < 4.78 is 242. The zero-order valence-corrected chi connectivity index (χ0v) is 89.7. The van der Waals surface area contributed by atoms with Crippen molar-refractivity contribution in [3.05, 3.63) is 394 Å². The number of rotatable bonds is 11. The minimum atomic E-state index is -2.61. The van der Waals surface area contributed by atoms with Gasteiger partial charge in [-0.2, -0.15) is 0 Å². The number of hydrogen-bond acceptors (Lipinski definition) is 9. The zero-order valence-electron chi connectivity index (χ0n) is 110. The third-order valence-electron chi connectivity index (χ3n) is 22.5. The Balaban J connectivity index is 0.000000170. The predicted octanol–water partition coefficient (Wildman–Crippen LogP) is 35.2. The molecule has 729 valence electrons. The Kier molecular flexibility index (Phi) is 23.7. The molecule has 0 fully saturated rings. The molecule has 0 aliphatic carbocycles. The third kappa shape index (κ3) is 26.2. The number of hydrogen-bond donors (Lipinski definition) is 0. The van der Waals surface area contributed by atoms with Gasteiger partial charge in [-0.05, 0) is 196 Å². The Bertz CT molecular complexity index is 8950. The van der Waals surface area contributed by atoms with Crippen molar-refractivity contribution in [3.63, 3.8) is 0 Å². The molecule has 142 heavy (non-hydrogen) atoms. The van der Waals surface area contributed by atoms with Crippen LogP contribution in [0.15, 0.2) is 293 Å². The quantitative estimate of drug-likeness (QED) is 0.117. The third-order valence-corrected chi connectivity index (χ3v) is 22.5. The fourth-order valence-electron chi connectivity index (χ4n) is 16.1. The van der Waals surface area contributed by atoms with Gasteiger partial charge in [0.15, 0.2) is 0 Å². The second-order valence-corrected chi connectivity index (χ2v) is 39.8. The molecule has 12 heteroatoms. The van der Waals surface area contributed by atoms with Crippen LogP contribution >= 0.6 is 0 Å². The van der Waals surface area contributed by atoms with E-state index in [0.717, 1.165) is 116 Å². The molecule has 12 aromatic carbocycles. The molecule has 0 bridgehead atoms. The average Bonchev–Trinajstić information content (AvgIpc) is 1.32. The smallest absolute Gasteiger partial charge is 0.128 e. The molecule has 9 nitrogen and oxygen atoms in total. The monoisotopic (exact) mass is 2430 g/mol.